The fourth-order valence-electron chi connectivity index (χ4n) is 1.73. The van der Waals surface area contributed by atoms with Crippen LogP contribution < -0.4 is 5.32 Å². The summed E-state index contributed by atoms with van der Waals surface area (Å²) in [5.41, 5.74) is 0.997. The standard InChI is InChI=1S/C14H13F3N2O2/c1-9(21-8-14(15,16)17)13(20)19-11-6-2-4-10-5-3-7-18-12(10)11/h2-7,9H,8H2,1H3,(H,19,20)/t9-/m1/s1. The van der Waals surface area contributed by atoms with Crippen LogP contribution in [0.3, 0.4) is 0 Å². The number of nitrogens with one attached hydrogen (secondary N) is 1. The highest BCUT2D eigenvalue weighted by Crippen LogP contribution is 2.21. The number of benzene rings is 1. The number of nitrogens with zero attached hydrogens (tertiary/aromatic N) is 1. The van der Waals surface area contributed by atoms with Gasteiger partial charge in [0.15, 0.2) is 0 Å². The fourth-order valence-corrected chi connectivity index (χ4v) is 1.73. The van der Waals surface area contributed by atoms with Crippen LogP contribution in [0.15, 0.2) is 36.5 Å². The van der Waals surface area contributed by atoms with Gasteiger partial charge in [0.1, 0.15) is 12.7 Å². The molecule has 0 radical (unpaired) electrons. The smallest absolute Gasteiger partial charge is 0.359 e. The zero-order chi connectivity index (χ0) is 15.5. The predicted molar refractivity (Wildman–Crippen MR) is 71.8 cm³/mol. The number of rotatable bonds is 4. The van der Waals surface area contributed by atoms with E-state index in [0.717, 1.165) is 5.39 Å². The highest BCUT2D eigenvalue weighted by Gasteiger charge is 2.30. The summed E-state index contributed by atoms with van der Waals surface area (Å²) in [6.07, 6.45) is -4.11. The number of pyridine rings is 1. The van der Waals surface area contributed by atoms with Crippen LogP contribution in [-0.4, -0.2) is 29.8 Å². The lowest BCUT2D eigenvalue weighted by Gasteiger charge is -2.15. The molecule has 0 spiro atoms. The Kier molecular flexibility index (Phi) is 4.42. The third kappa shape index (κ3) is 4.16. The van der Waals surface area contributed by atoms with E-state index in [1.165, 1.54) is 6.92 Å². The van der Waals surface area contributed by atoms with Gasteiger partial charge in [0.05, 0.1) is 11.2 Å². The van der Waals surface area contributed by atoms with E-state index in [0.29, 0.717) is 11.2 Å². The van der Waals surface area contributed by atoms with Crippen LogP contribution >= 0.6 is 0 Å². The van der Waals surface area contributed by atoms with Gasteiger partial charge in [-0.3, -0.25) is 9.78 Å². The Morgan fingerprint density at radius 2 is 2.05 bits per heavy atom. The first kappa shape index (κ1) is 15.2. The van der Waals surface area contributed by atoms with E-state index < -0.39 is 24.8 Å². The van der Waals surface area contributed by atoms with E-state index in [2.05, 4.69) is 15.0 Å². The summed E-state index contributed by atoms with van der Waals surface area (Å²) in [7, 11) is 0. The SMILES string of the molecule is C[C@@H](OCC(F)(F)F)C(=O)Nc1cccc2cccnc12. The van der Waals surface area contributed by atoms with Crippen molar-refractivity contribution in [3.05, 3.63) is 36.5 Å². The first-order chi connectivity index (χ1) is 9.87. The topological polar surface area (TPSA) is 51.2 Å². The van der Waals surface area contributed by atoms with Crippen LogP contribution in [0.25, 0.3) is 10.9 Å². The molecule has 1 N–H and O–H groups in total. The van der Waals surface area contributed by atoms with E-state index in [4.69, 9.17) is 0 Å². The number of para-hydroxylation sites is 1. The number of carbonyl (C=O) groups excluding carboxylic acids is 1. The Morgan fingerprint density at radius 1 is 1.33 bits per heavy atom. The molecule has 0 aliphatic heterocycles. The molecule has 1 aromatic carbocycles. The molecule has 0 aliphatic rings. The monoisotopic (exact) mass is 298 g/mol. The summed E-state index contributed by atoms with van der Waals surface area (Å²) in [4.78, 5) is 16.0. The van der Waals surface area contributed by atoms with Gasteiger partial charge in [-0.2, -0.15) is 13.2 Å². The number of alkyl halides is 3. The minimum absolute atomic E-state index is 0.431. The number of amides is 1. The van der Waals surface area contributed by atoms with E-state index >= 15 is 0 Å². The molecule has 0 saturated carbocycles. The van der Waals surface area contributed by atoms with Crippen LogP contribution in [0.5, 0.6) is 0 Å². The maximum Gasteiger partial charge on any atom is 0.411 e. The number of ether oxygens (including phenoxy) is 1. The van der Waals surface area contributed by atoms with Crippen LogP contribution in [0.4, 0.5) is 18.9 Å². The summed E-state index contributed by atoms with van der Waals surface area (Å²) >= 11 is 0. The molecule has 1 heterocycles. The van der Waals surface area contributed by atoms with Crippen molar-refractivity contribution in [2.45, 2.75) is 19.2 Å². The van der Waals surface area contributed by atoms with Gasteiger partial charge in [-0.25, -0.2) is 0 Å². The van der Waals surface area contributed by atoms with E-state index in [-0.39, 0.29) is 0 Å². The minimum Gasteiger partial charge on any atom is -0.359 e. The Balaban J connectivity index is 2.08. The Bertz CT molecular complexity index is 638. The normalized spacial score (nSPS) is 13.1. The molecule has 2 aromatic rings. The van der Waals surface area contributed by atoms with Crippen LogP contribution in [0.2, 0.25) is 0 Å². The second-order valence-electron chi connectivity index (χ2n) is 4.44. The van der Waals surface area contributed by atoms with Crippen LogP contribution in [-0.2, 0) is 9.53 Å². The Morgan fingerprint density at radius 3 is 2.76 bits per heavy atom. The minimum atomic E-state index is -4.46. The molecule has 1 amide bonds. The molecule has 7 heteroatoms. The third-order valence-electron chi connectivity index (χ3n) is 2.76. The van der Waals surface area contributed by atoms with Crippen molar-refractivity contribution in [3.8, 4) is 0 Å². The number of carbonyl (C=O) groups is 1. The molecular formula is C14H13F3N2O2. The second kappa shape index (κ2) is 6.09. The van der Waals surface area contributed by atoms with Gasteiger partial charge in [0.25, 0.3) is 5.91 Å². The fraction of sp³-hybridized carbons (Fsp3) is 0.286. The number of halogens is 3. The molecule has 0 fully saturated rings. The third-order valence-corrected chi connectivity index (χ3v) is 2.76. The highest BCUT2D eigenvalue weighted by atomic mass is 19.4. The van der Waals surface area contributed by atoms with Crippen molar-refractivity contribution < 1.29 is 22.7 Å². The molecule has 1 atom stereocenters. The summed E-state index contributed by atoms with van der Waals surface area (Å²) in [6.45, 7) is -0.199. The van der Waals surface area contributed by atoms with Crippen molar-refractivity contribution in [1.82, 2.24) is 4.98 Å². The lowest BCUT2D eigenvalue weighted by molar-refractivity contribution is -0.184. The van der Waals surface area contributed by atoms with Gasteiger partial charge in [-0.05, 0) is 19.1 Å². The molecule has 0 aliphatic carbocycles. The van der Waals surface area contributed by atoms with Gasteiger partial charge >= 0.3 is 6.18 Å². The molecule has 4 nitrogen and oxygen atoms in total. The Hall–Kier alpha value is -2.15. The van der Waals surface area contributed by atoms with Crippen molar-refractivity contribution in [2.75, 3.05) is 11.9 Å². The quantitative estimate of drug-likeness (QED) is 0.943. The molecule has 0 unspecified atom stereocenters. The number of fused-ring (bicyclic) bond motifs is 1. The van der Waals surface area contributed by atoms with Gasteiger partial charge in [-0.15, -0.1) is 0 Å². The van der Waals surface area contributed by atoms with Crippen LogP contribution in [0, 0.1) is 0 Å². The maximum absolute atomic E-state index is 12.0. The lowest BCUT2D eigenvalue weighted by atomic mass is 10.2. The molecule has 0 saturated heterocycles. The first-order valence-electron chi connectivity index (χ1n) is 6.20. The second-order valence-corrected chi connectivity index (χ2v) is 4.44. The van der Waals surface area contributed by atoms with Crippen molar-refractivity contribution >= 4 is 22.5 Å². The molecule has 2 rings (SSSR count). The van der Waals surface area contributed by atoms with Crippen molar-refractivity contribution in [2.24, 2.45) is 0 Å². The first-order valence-corrected chi connectivity index (χ1v) is 6.20. The van der Waals surface area contributed by atoms with E-state index in [9.17, 15) is 18.0 Å². The average Bonchev–Trinajstić information content (AvgIpc) is 2.44. The van der Waals surface area contributed by atoms with Crippen LogP contribution in [0.1, 0.15) is 6.92 Å². The zero-order valence-corrected chi connectivity index (χ0v) is 11.1. The number of hydrogen-bond donors (Lipinski definition) is 1. The van der Waals surface area contributed by atoms with E-state index in [1.807, 2.05) is 12.1 Å². The van der Waals surface area contributed by atoms with Gasteiger partial charge < -0.3 is 10.1 Å². The van der Waals surface area contributed by atoms with Crippen molar-refractivity contribution in [3.63, 3.8) is 0 Å². The maximum atomic E-state index is 12.0. The Labute approximate surface area is 118 Å². The highest BCUT2D eigenvalue weighted by molar-refractivity contribution is 6.01. The zero-order valence-electron chi connectivity index (χ0n) is 11.1. The average molecular weight is 298 g/mol. The van der Waals surface area contributed by atoms with Crippen molar-refractivity contribution in [1.29, 1.82) is 0 Å². The molecule has 21 heavy (non-hydrogen) atoms. The number of anilines is 1. The lowest BCUT2D eigenvalue weighted by Crippen LogP contribution is -2.31. The summed E-state index contributed by atoms with van der Waals surface area (Å²) in [6, 6.07) is 8.75. The van der Waals surface area contributed by atoms with Gasteiger partial charge in [-0.1, -0.05) is 18.2 Å². The largest absolute Gasteiger partial charge is 0.411 e. The number of aromatic nitrogens is 1. The molecule has 0 bridgehead atoms. The predicted octanol–water partition coefficient (Wildman–Crippen LogP) is 3.14. The van der Waals surface area contributed by atoms with Gasteiger partial charge in [0.2, 0.25) is 0 Å². The summed E-state index contributed by atoms with van der Waals surface area (Å²) in [5.74, 6) is -0.655. The number of hydrogen-bond acceptors (Lipinski definition) is 3. The molecule has 1 aromatic heterocycles. The summed E-state index contributed by atoms with van der Waals surface area (Å²) < 4.78 is 40.6. The summed E-state index contributed by atoms with van der Waals surface area (Å²) in [5, 5.41) is 3.35. The van der Waals surface area contributed by atoms with E-state index in [1.54, 1.807) is 24.4 Å². The molecular weight excluding hydrogens is 285 g/mol. The molecule has 112 valence electrons. The van der Waals surface area contributed by atoms with Gasteiger partial charge in [0, 0.05) is 11.6 Å².